The molecule has 0 N–H and O–H groups in total. The van der Waals surface area contributed by atoms with Crippen LogP contribution in [-0.2, 0) is 56.4 Å². The van der Waals surface area contributed by atoms with E-state index in [1.807, 2.05) is 13.8 Å². The Hall–Kier alpha value is 2.06. The fraction of sp³-hybridized carbons (Fsp3) is 0.875. The Labute approximate surface area is 218 Å². The van der Waals surface area contributed by atoms with E-state index >= 15 is 0 Å². The zero-order valence-corrected chi connectivity index (χ0v) is 27.0. The minimum atomic E-state index is -0.893. The topological polar surface area (TPSA) is 80.3 Å². The van der Waals surface area contributed by atoms with Crippen LogP contribution in [0.25, 0.3) is 0 Å². The van der Waals surface area contributed by atoms with E-state index in [1.165, 1.54) is 0 Å². The summed E-state index contributed by atoms with van der Waals surface area (Å²) in [6.07, 6.45) is 7.04. The van der Waals surface area contributed by atoms with E-state index in [0.717, 1.165) is 38.5 Å². The molecular formula is C16H32BaCdO4Zn. The first-order valence-corrected chi connectivity index (χ1v) is 7.86. The Morgan fingerprint density at radius 2 is 1.09 bits per heavy atom. The van der Waals surface area contributed by atoms with Gasteiger partial charge in [0.2, 0.25) is 0 Å². The van der Waals surface area contributed by atoms with Crippen molar-refractivity contribution < 1.29 is 69.4 Å². The Morgan fingerprint density at radius 3 is 1.22 bits per heavy atom. The van der Waals surface area contributed by atoms with E-state index in [2.05, 4.69) is 13.8 Å². The Bertz CT molecular complexity index is 253. The first-order chi connectivity index (χ1) is 9.44. The van der Waals surface area contributed by atoms with Gasteiger partial charge < -0.3 is 22.7 Å². The summed E-state index contributed by atoms with van der Waals surface area (Å²) in [5, 5.41) is 20.7. The summed E-state index contributed by atoms with van der Waals surface area (Å²) in [5.41, 5.74) is 0. The maximum Gasteiger partial charge on any atom is 2.00 e. The summed E-state index contributed by atoms with van der Waals surface area (Å²) < 4.78 is 0. The van der Waals surface area contributed by atoms with Crippen molar-refractivity contribution in [1.82, 2.24) is 0 Å². The number of carbonyl (C=O) groups excluding carboxylic acids is 2. The zero-order chi connectivity index (χ0) is 16.0. The SMILES string of the molecule is CCCCC(CC)C(=O)[O-].CCCCC(CC)C(=O)[O-].[Ba+2].[Cd].[H-].[H-].[Zn+2]. The van der Waals surface area contributed by atoms with E-state index in [0.29, 0.717) is 12.8 Å². The smallest absolute Gasteiger partial charge is 1.00 e. The van der Waals surface area contributed by atoms with Crippen molar-refractivity contribution in [2.75, 3.05) is 0 Å². The first kappa shape index (κ1) is 36.0. The van der Waals surface area contributed by atoms with Crippen LogP contribution in [0.15, 0.2) is 0 Å². The van der Waals surface area contributed by atoms with Gasteiger partial charge in [-0.15, -0.1) is 0 Å². The maximum atomic E-state index is 10.3. The average molecular weight is 604 g/mol. The van der Waals surface area contributed by atoms with Crippen LogP contribution in [0.1, 0.15) is 81.9 Å². The molecule has 0 saturated carbocycles. The van der Waals surface area contributed by atoms with Crippen LogP contribution in [0.3, 0.4) is 0 Å². The zero-order valence-electron chi connectivity index (χ0n) is 17.6. The predicted molar refractivity (Wildman–Crippen MR) is 84.6 cm³/mol. The number of carboxylic acids is 2. The van der Waals surface area contributed by atoms with Gasteiger partial charge in [-0.3, -0.25) is 0 Å². The molecule has 0 radical (unpaired) electrons. The molecule has 0 fully saturated rings. The van der Waals surface area contributed by atoms with E-state index in [-0.39, 0.29) is 110 Å². The van der Waals surface area contributed by atoms with Crippen LogP contribution in [-0.4, -0.2) is 60.8 Å². The quantitative estimate of drug-likeness (QED) is 0.357. The van der Waals surface area contributed by atoms with E-state index < -0.39 is 11.9 Å². The Balaban J connectivity index is -0.0000000432. The third-order valence-electron chi connectivity index (χ3n) is 3.46. The molecule has 4 nitrogen and oxygen atoms in total. The normalized spacial score (nSPS) is 11.3. The monoisotopic (exact) mass is 604 g/mol. The molecule has 0 amide bonds. The van der Waals surface area contributed by atoms with Crippen LogP contribution >= 0.6 is 0 Å². The molecule has 0 heterocycles. The van der Waals surface area contributed by atoms with Crippen LogP contribution in [0.5, 0.6) is 0 Å². The van der Waals surface area contributed by atoms with Crippen molar-refractivity contribution >= 4 is 60.8 Å². The maximum absolute atomic E-state index is 10.3. The molecule has 0 spiro atoms. The second kappa shape index (κ2) is 26.3. The standard InChI is InChI=1S/2C8H16O2.Ba.Cd.Zn.2H/c2*1-3-5-6-7(4-2)8(9)10;;;;;/h2*7H,3-6H2,1-2H3,(H,9,10);;;;;/q;;+2;;+2;2*-1/p-2. The number of rotatable bonds is 10. The number of carboxylic acid groups (broad SMARTS) is 2. The fourth-order valence-corrected chi connectivity index (χ4v) is 1.88. The van der Waals surface area contributed by atoms with Gasteiger partial charge in [0.15, 0.2) is 0 Å². The van der Waals surface area contributed by atoms with Gasteiger partial charge >= 0.3 is 68.4 Å². The molecule has 23 heavy (non-hydrogen) atoms. The number of hydrogen-bond donors (Lipinski definition) is 0. The van der Waals surface area contributed by atoms with Crippen LogP contribution < -0.4 is 10.2 Å². The molecule has 0 aliphatic carbocycles. The molecule has 2 unspecified atom stereocenters. The molecule has 0 aliphatic rings. The predicted octanol–water partition coefficient (Wildman–Crippen LogP) is 1.74. The summed E-state index contributed by atoms with van der Waals surface area (Å²) in [6, 6.07) is 0. The van der Waals surface area contributed by atoms with Crippen LogP contribution in [0.2, 0.25) is 0 Å². The largest absolute Gasteiger partial charge is 2.00 e. The third kappa shape index (κ3) is 24.1. The van der Waals surface area contributed by atoms with Crippen molar-refractivity contribution in [2.45, 2.75) is 79.1 Å². The summed E-state index contributed by atoms with van der Waals surface area (Å²) in [4.78, 5) is 20.7. The third-order valence-corrected chi connectivity index (χ3v) is 3.46. The van der Waals surface area contributed by atoms with Gasteiger partial charge in [-0.05, 0) is 37.5 Å². The van der Waals surface area contributed by atoms with E-state index in [9.17, 15) is 19.8 Å². The molecular weight excluding hydrogens is 571 g/mol. The summed E-state index contributed by atoms with van der Waals surface area (Å²) in [7, 11) is 0. The molecule has 0 aromatic heterocycles. The summed E-state index contributed by atoms with van der Waals surface area (Å²) in [6.45, 7) is 7.89. The molecule has 0 aliphatic heterocycles. The molecule has 126 valence electrons. The van der Waals surface area contributed by atoms with Crippen LogP contribution in [0.4, 0.5) is 0 Å². The second-order valence-corrected chi connectivity index (χ2v) is 5.13. The van der Waals surface area contributed by atoms with Crippen molar-refractivity contribution in [1.29, 1.82) is 0 Å². The molecule has 0 aromatic rings. The number of aliphatic carboxylic acids is 2. The minimum Gasteiger partial charge on any atom is -1.00 e. The van der Waals surface area contributed by atoms with E-state index in [1.54, 1.807) is 0 Å². The number of hydrogen-bond acceptors (Lipinski definition) is 4. The molecule has 2 atom stereocenters. The number of unbranched alkanes of at least 4 members (excludes halogenated alkanes) is 2. The fourth-order valence-electron chi connectivity index (χ4n) is 1.88. The summed E-state index contributed by atoms with van der Waals surface area (Å²) >= 11 is 0. The van der Waals surface area contributed by atoms with Crippen molar-refractivity contribution in [3.8, 4) is 0 Å². The Morgan fingerprint density at radius 1 is 0.826 bits per heavy atom. The molecule has 0 rings (SSSR count). The van der Waals surface area contributed by atoms with Gasteiger partial charge in [-0.2, -0.15) is 0 Å². The van der Waals surface area contributed by atoms with Gasteiger partial charge in [0.25, 0.3) is 0 Å². The van der Waals surface area contributed by atoms with Gasteiger partial charge in [-0.25, -0.2) is 0 Å². The van der Waals surface area contributed by atoms with Crippen LogP contribution in [0, 0.1) is 11.8 Å². The first-order valence-electron chi connectivity index (χ1n) is 7.86. The summed E-state index contributed by atoms with van der Waals surface area (Å²) in [5.74, 6) is -2.23. The van der Waals surface area contributed by atoms with Gasteiger partial charge in [-0.1, -0.05) is 53.4 Å². The van der Waals surface area contributed by atoms with Crippen molar-refractivity contribution in [3.63, 3.8) is 0 Å². The Kier molecular flexibility index (Phi) is 41.2. The van der Waals surface area contributed by atoms with E-state index in [4.69, 9.17) is 0 Å². The minimum absolute atomic E-state index is 0. The van der Waals surface area contributed by atoms with Gasteiger partial charge in [0, 0.05) is 39.2 Å². The van der Waals surface area contributed by atoms with Gasteiger partial charge in [0.1, 0.15) is 0 Å². The average Bonchev–Trinajstić information content (AvgIpc) is 2.40. The molecule has 0 bridgehead atoms. The van der Waals surface area contributed by atoms with Crippen molar-refractivity contribution in [3.05, 3.63) is 0 Å². The molecule has 0 saturated heterocycles. The second-order valence-electron chi connectivity index (χ2n) is 5.13. The van der Waals surface area contributed by atoms with Crippen molar-refractivity contribution in [2.24, 2.45) is 11.8 Å². The van der Waals surface area contributed by atoms with Gasteiger partial charge in [0.05, 0.1) is 0 Å². The molecule has 7 heteroatoms. The number of carbonyl (C=O) groups is 2. The molecule has 0 aromatic carbocycles.